The Morgan fingerprint density at radius 1 is 1.32 bits per heavy atom. The molecule has 22 heavy (non-hydrogen) atoms. The van der Waals surface area contributed by atoms with Crippen molar-refractivity contribution in [1.82, 2.24) is 5.01 Å². The van der Waals surface area contributed by atoms with Gasteiger partial charge in [0.2, 0.25) is 5.17 Å². The molecule has 1 N–H and O–H groups in total. The van der Waals surface area contributed by atoms with Crippen LogP contribution in [0.5, 0.6) is 0 Å². The number of hydrogen-bond acceptors (Lipinski definition) is 4. The maximum absolute atomic E-state index is 12.2. The van der Waals surface area contributed by atoms with Crippen molar-refractivity contribution in [3.05, 3.63) is 41.5 Å². The maximum Gasteiger partial charge on any atom is 0.283 e. The van der Waals surface area contributed by atoms with Crippen molar-refractivity contribution in [3.63, 3.8) is 0 Å². The van der Waals surface area contributed by atoms with Gasteiger partial charge in [-0.2, -0.15) is 15.1 Å². The molecule has 5 nitrogen and oxygen atoms in total. The molecule has 0 fully saturated rings. The van der Waals surface area contributed by atoms with Crippen LogP contribution >= 0.6 is 11.8 Å². The second-order valence-corrected chi connectivity index (χ2v) is 6.07. The van der Waals surface area contributed by atoms with Crippen LogP contribution < -0.4 is 0 Å². The van der Waals surface area contributed by atoms with Gasteiger partial charge in [-0.05, 0) is 36.2 Å². The predicted octanol–water partition coefficient (Wildman–Crippen LogP) is 3.50. The number of aliphatic imine (C=N–C) groups is 1. The van der Waals surface area contributed by atoms with Gasteiger partial charge in [0.1, 0.15) is 5.04 Å². The molecule has 2 aliphatic heterocycles. The zero-order chi connectivity index (χ0) is 15.5. The van der Waals surface area contributed by atoms with E-state index in [4.69, 9.17) is 5.41 Å². The Kier molecular flexibility index (Phi) is 4.20. The van der Waals surface area contributed by atoms with Crippen LogP contribution in [0.25, 0.3) is 6.08 Å². The largest absolute Gasteiger partial charge is 0.283 e. The van der Waals surface area contributed by atoms with Crippen LogP contribution in [0.2, 0.25) is 0 Å². The zero-order valence-corrected chi connectivity index (χ0v) is 13.1. The Bertz CT molecular complexity index is 706. The fraction of sp³-hybridized carbons (Fsp3) is 0.250. The van der Waals surface area contributed by atoms with E-state index in [9.17, 15) is 4.79 Å². The summed E-state index contributed by atoms with van der Waals surface area (Å²) in [6, 6.07) is 9.48. The number of benzene rings is 1. The Morgan fingerprint density at radius 2 is 2.09 bits per heavy atom. The molecule has 0 bridgehead atoms. The first-order valence-corrected chi connectivity index (χ1v) is 8.05. The van der Waals surface area contributed by atoms with E-state index in [1.54, 1.807) is 6.08 Å². The Morgan fingerprint density at radius 3 is 2.82 bits per heavy atom. The van der Waals surface area contributed by atoms with Crippen molar-refractivity contribution in [2.75, 3.05) is 0 Å². The minimum absolute atomic E-state index is 0.0952. The lowest BCUT2D eigenvalue weighted by molar-refractivity contribution is -0.114. The number of hydrazone groups is 1. The SMILES string of the molecule is CCCCC1=NN2C(=N)/C(=C/c3ccccc3)C(=O)N=C2S1. The lowest BCUT2D eigenvalue weighted by atomic mass is 10.1. The molecule has 2 aliphatic rings. The molecule has 1 aromatic carbocycles. The molecule has 0 unspecified atom stereocenters. The van der Waals surface area contributed by atoms with Gasteiger partial charge in [0.15, 0.2) is 5.84 Å². The van der Waals surface area contributed by atoms with Gasteiger partial charge in [-0.15, -0.1) is 0 Å². The van der Waals surface area contributed by atoms with E-state index < -0.39 is 0 Å². The molecule has 0 radical (unpaired) electrons. The topological polar surface area (TPSA) is 68.9 Å². The number of rotatable bonds is 4. The summed E-state index contributed by atoms with van der Waals surface area (Å²) < 4.78 is 0. The van der Waals surface area contributed by atoms with Gasteiger partial charge >= 0.3 is 0 Å². The van der Waals surface area contributed by atoms with Crippen molar-refractivity contribution in [3.8, 4) is 0 Å². The molecule has 0 saturated carbocycles. The van der Waals surface area contributed by atoms with E-state index in [0.717, 1.165) is 29.9 Å². The average molecular weight is 312 g/mol. The summed E-state index contributed by atoms with van der Waals surface area (Å²) >= 11 is 1.39. The highest BCUT2D eigenvalue weighted by Gasteiger charge is 2.35. The van der Waals surface area contributed by atoms with E-state index in [1.807, 2.05) is 30.3 Å². The van der Waals surface area contributed by atoms with Gasteiger partial charge in [0.05, 0.1) is 5.57 Å². The van der Waals surface area contributed by atoms with Crippen LogP contribution in [-0.4, -0.2) is 27.0 Å². The molecule has 112 valence electrons. The summed E-state index contributed by atoms with van der Waals surface area (Å²) in [6.45, 7) is 2.12. The standard InChI is InChI=1S/C16H16N4OS/c1-2-3-9-13-19-20-14(17)12(15(21)18-16(20)22-13)10-11-7-5-4-6-8-11/h4-8,10,17H,2-3,9H2,1H3/b12-10-,17-14?. The summed E-state index contributed by atoms with van der Waals surface area (Å²) in [5.41, 5.74) is 1.15. The number of thioether (sulfide) groups is 1. The minimum Gasteiger partial charge on any atom is -0.282 e. The Hall–Kier alpha value is -2.21. The Labute approximate surface area is 133 Å². The van der Waals surface area contributed by atoms with Crippen LogP contribution in [0.4, 0.5) is 0 Å². The first-order chi connectivity index (χ1) is 10.7. The third-order valence-corrected chi connectivity index (χ3v) is 4.32. The highest BCUT2D eigenvalue weighted by Crippen LogP contribution is 2.29. The predicted molar refractivity (Wildman–Crippen MR) is 91.0 cm³/mol. The zero-order valence-electron chi connectivity index (χ0n) is 12.2. The summed E-state index contributed by atoms with van der Waals surface area (Å²) in [5.74, 6) is -0.280. The highest BCUT2D eigenvalue weighted by atomic mass is 32.2. The molecule has 0 atom stereocenters. The van der Waals surface area contributed by atoms with Crippen LogP contribution in [0.1, 0.15) is 31.7 Å². The third-order valence-electron chi connectivity index (χ3n) is 3.35. The Balaban J connectivity index is 1.88. The summed E-state index contributed by atoms with van der Waals surface area (Å²) in [5, 5.41) is 15.5. The monoisotopic (exact) mass is 312 g/mol. The number of fused-ring (bicyclic) bond motifs is 1. The number of carbonyl (C=O) groups excluding carboxylic acids is 1. The maximum atomic E-state index is 12.2. The molecule has 0 spiro atoms. The highest BCUT2D eigenvalue weighted by molar-refractivity contribution is 8.26. The van der Waals surface area contributed by atoms with Crippen LogP contribution in [0.3, 0.4) is 0 Å². The fourth-order valence-corrected chi connectivity index (χ4v) is 3.10. The smallest absolute Gasteiger partial charge is 0.282 e. The van der Waals surface area contributed by atoms with Gasteiger partial charge in [-0.25, -0.2) is 0 Å². The second kappa shape index (κ2) is 6.27. The van der Waals surface area contributed by atoms with Crippen LogP contribution in [-0.2, 0) is 4.79 Å². The number of nitrogens with zero attached hydrogens (tertiary/aromatic N) is 3. The first-order valence-electron chi connectivity index (χ1n) is 7.23. The molecule has 0 aromatic heterocycles. The number of carbonyl (C=O) groups is 1. The van der Waals surface area contributed by atoms with Crippen molar-refractivity contribution in [1.29, 1.82) is 5.41 Å². The van der Waals surface area contributed by atoms with Crippen molar-refractivity contribution < 1.29 is 4.79 Å². The van der Waals surface area contributed by atoms with Crippen LogP contribution in [0.15, 0.2) is 46.0 Å². The summed E-state index contributed by atoms with van der Waals surface area (Å²) in [7, 11) is 0. The molecule has 1 aromatic rings. The van der Waals surface area contributed by atoms with E-state index >= 15 is 0 Å². The summed E-state index contributed by atoms with van der Waals surface area (Å²) in [6.07, 6.45) is 4.67. The first kappa shape index (κ1) is 14.7. The number of amides is 1. The van der Waals surface area contributed by atoms with Gasteiger partial charge in [-0.1, -0.05) is 43.7 Å². The van der Waals surface area contributed by atoms with Gasteiger partial charge in [0.25, 0.3) is 5.91 Å². The molecule has 6 heteroatoms. The number of amidine groups is 2. The molecule has 0 aliphatic carbocycles. The number of unbranched alkanes of at least 4 members (excludes halogenated alkanes) is 1. The van der Waals surface area contributed by atoms with Gasteiger partial charge in [0, 0.05) is 0 Å². The van der Waals surface area contributed by atoms with Gasteiger partial charge < -0.3 is 0 Å². The second-order valence-electron chi connectivity index (χ2n) is 5.03. The molecule has 1 amide bonds. The van der Waals surface area contributed by atoms with Crippen LogP contribution in [0, 0.1) is 5.41 Å². The lowest BCUT2D eigenvalue weighted by Gasteiger charge is -2.20. The normalized spacial score (nSPS) is 19.3. The molecule has 0 saturated heterocycles. The number of nitrogens with one attached hydrogen (secondary N) is 1. The summed E-state index contributed by atoms with van der Waals surface area (Å²) in [4.78, 5) is 16.3. The number of hydrogen-bond donors (Lipinski definition) is 1. The quantitative estimate of drug-likeness (QED) is 0.865. The van der Waals surface area contributed by atoms with E-state index in [0.29, 0.717) is 5.17 Å². The molecule has 2 heterocycles. The average Bonchev–Trinajstić information content (AvgIpc) is 2.93. The van der Waals surface area contributed by atoms with E-state index in [2.05, 4.69) is 17.0 Å². The van der Waals surface area contributed by atoms with E-state index in [-0.39, 0.29) is 17.3 Å². The van der Waals surface area contributed by atoms with E-state index in [1.165, 1.54) is 16.8 Å². The van der Waals surface area contributed by atoms with Crippen molar-refractivity contribution in [2.45, 2.75) is 26.2 Å². The minimum atomic E-state index is -0.375. The third kappa shape index (κ3) is 2.87. The molecular weight excluding hydrogens is 296 g/mol. The fourth-order valence-electron chi connectivity index (χ4n) is 2.18. The lowest BCUT2D eigenvalue weighted by Crippen LogP contribution is -2.35. The van der Waals surface area contributed by atoms with Crippen molar-refractivity contribution in [2.24, 2.45) is 10.1 Å². The molecule has 3 rings (SSSR count). The van der Waals surface area contributed by atoms with Gasteiger partial charge in [-0.3, -0.25) is 10.2 Å². The molecular formula is C16H16N4OS. The van der Waals surface area contributed by atoms with Crippen molar-refractivity contribution >= 4 is 39.8 Å².